The number of halogens is 1. The molecule has 0 saturated carbocycles. The minimum Gasteiger partial charge on any atom is -0.399 e. The summed E-state index contributed by atoms with van der Waals surface area (Å²) in [6, 6.07) is 6.00. The minimum absolute atomic E-state index is 0.310. The fourth-order valence-electron chi connectivity index (χ4n) is 2.13. The summed E-state index contributed by atoms with van der Waals surface area (Å²) in [6.07, 6.45) is 0. The van der Waals surface area contributed by atoms with Gasteiger partial charge in [-0.2, -0.15) is 0 Å². The van der Waals surface area contributed by atoms with Gasteiger partial charge in [-0.05, 0) is 50.7 Å². The summed E-state index contributed by atoms with van der Waals surface area (Å²) in [5.74, 6) is 0.384. The van der Waals surface area contributed by atoms with Crippen LogP contribution in [-0.4, -0.2) is 18.3 Å². The third-order valence-corrected chi connectivity index (χ3v) is 4.51. The molecule has 104 valence electrons. The molecule has 1 heterocycles. The van der Waals surface area contributed by atoms with E-state index in [4.69, 9.17) is 20.9 Å². The van der Waals surface area contributed by atoms with Crippen LogP contribution in [0.4, 0.5) is 0 Å². The van der Waals surface area contributed by atoms with Crippen LogP contribution in [0.1, 0.15) is 53.0 Å². The molecule has 1 saturated heterocycles. The highest BCUT2D eigenvalue weighted by molar-refractivity contribution is 6.62. The van der Waals surface area contributed by atoms with Gasteiger partial charge in [0.15, 0.2) is 0 Å². The summed E-state index contributed by atoms with van der Waals surface area (Å²) in [4.78, 5) is 0. The topological polar surface area (TPSA) is 18.5 Å². The van der Waals surface area contributed by atoms with Gasteiger partial charge in [0.05, 0.1) is 11.2 Å². The summed E-state index contributed by atoms with van der Waals surface area (Å²) < 4.78 is 12.1. The zero-order chi connectivity index (χ0) is 14.4. The molecule has 4 heteroatoms. The molecule has 0 unspecified atom stereocenters. The van der Waals surface area contributed by atoms with Crippen molar-refractivity contribution in [3.63, 3.8) is 0 Å². The average molecular weight is 281 g/mol. The molecule has 1 aromatic rings. The third-order valence-electron chi connectivity index (χ3n) is 4.17. The van der Waals surface area contributed by atoms with Gasteiger partial charge in [0.1, 0.15) is 0 Å². The monoisotopic (exact) mass is 280 g/mol. The summed E-state index contributed by atoms with van der Waals surface area (Å²) in [7, 11) is -0.320. The maximum atomic E-state index is 6.23. The van der Waals surface area contributed by atoms with Gasteiger partial charge in [-0.3, -0.25) is 0 Å². The van der Waals surface area contributed by atoms with Crippen molar-refractivity contribution < 1.29 is 9.31 Å². The first-order valence-electron chi connectivity index (χ1n) is 6.79. The molecule has 1 aliphatic rings. The van der Waals surface area contributed by atoms with E-state index < -0.39 is 0 Å². The Hall–Kier alpha value is -0.505. The molecule has 2 rings (SSSR count). The van der Waals surface area contributed by atoms with Crippen molar-refractivity contribution in [1.82, 2.24) is 0 Å². The van der Waals surface area contributed by atoms with E-state index in [-0.39, 0.29) is 18.3 Å². The minimum atomic E-state index is -0.320. The van der Waals surface area contributed by atoms with E-state index in [1.54, 1.807) is 0 Å². The highest BCUT2D eigenvalue weighted by Crippen LogP contribution is 2.36. The van der Waals surface area contributed by atoms with Crippen molar-refractivity contribution >= 4 is 24.2 Å². The van der Waals surface area contributed by atoms with Crippen LogP contribution in [0, 0.1) is 0 Å². The summed E-state index contributed by atoms with van der Waals surface area (Å²) in [5.41, 5.74) is 1.55. The van der Waals surface area contributed by atoms with E-state index >= 15 is 0 Å². The molecule has 0 aromatic heterocycles. The van der Waals surface area contributed by atoms with Crippen LogP contribution in [0.2, 0.25) is 5.02 Å². The Morgan fingerprint density at radius 3 is 2.05 bits per heavy atom. The molecule has 2 nitrogen and oxygen atoms in total. The first-order valence-corrected chi connectivity index (χ1v) is 7.17. The molecule has 0 amide bonds. The van der Waals surface area contributed by atoms with E-state index in [2.05, 4.69) is 47.6 Å². The van der Waals surface area contributed by atoms with Gasteiger partial charge < -0.3 is 9.31 Å². The number of rotatable bonds is 2. The van der Waals surface area contributed by atoms with Crippen LogP contribution in [0.5, 0.6) is 0 Å². The molecule has 1 aliphatic heterocycles. The van der Waals surface area contributed by atoms with Crippen LogP contribution >= 0.6 is 11.6 Å². The molecule has 0 aliphatic carbocycles. The lowest BCUT2D eigenvalue weighted by Gasteiger charge is -2.32. The Morgan fingerprint density at radius 1 is 1.05 bits per heavy atom. The van der Waals surface area contributed by atoms with E-state index in [0.29, 0.717) is 5.92 Å². The Balaban J connectivity index is 2.32. The second-order valence-corrected chi connectivity index (χ2v) is 6.93. The van der Waals surface area contributed by atoms with Crippen molar-refractivity contribution in [3.8, 4) is 0 Å². The number of benzene rings is 1. The van der Waals surface area contributed by atoms with Crippen molar-refractivity contribution in [2.45, 2.75) is 58.7 Å². The van der Waals surface area contributed by atoms with Gasteiger partial charge in [-0.15, -0.1) is 0 Å². The van der Waals surface area contributed by atoms with Crippen LogP contribution in [0.3, 0.4) is 0 Å². The molecule has 19 heavy (non-hydrogen) atoms. The number of hydrogen-bond donors (Lipinski definition) is 0. The first kappa shape index (κ1) is 14.9. The first-order chi connectivity index (χ1) is 8.64. The summed E-state index contributed by atoms with van der Waals surface area (Å²) in [6.45, 7) is 12.5. The molecular weight excluding hydrogens is 258 g/mol. The van der Waals surface area contributed by atoms with Crippen molar-refractivity contribution in [1.29, 1.82) is 0 Å². The Bertz CT molecular complexity index is 467. The second kappa shape index (κ2) is 4.80. The van der Waals surface area contributed by atoms with Gasteiger partial charge in [0.2, 0.25) is 0 Å². The zero-order valence-corrected chi connectivity index (χ0v) is 13.3. The van der Waals surface area contributed by atoms with E-state index in [1.807, 2.05) is 12.1 Å². The van der Waals surface area contributed by atoms with Gasteiger partial charge in [-0.1, -0.05) is 37.6 Å². The normalized spacial score (nSPS) is 21.2. The van der Waals surface area contributed by atoms with Crippen LogP contribution in [0.25, 0.3) is 0 Å². The van der Waals surface area contributed by atoms with Gasteiger partial charge in [-0.25, -0.2) is 0 Å². The van der Waals surface area contributed by atoms with Crippen LogP contribution in [-0.2, 0) is 9.31 Å². The van der Waals surface area contributed by atoms with Gasteiger partial charge >= 0.3 is 7.12 Å². The van der Waals surface area contributed by atoms with Gasteiger partial charge in [0.25, 0.3) is 0 Å². The molecular formula is C15H22BClO2. The third kappa shape index (κ3) is 2.69. The highest BCUT2D eigenvalue weighted by atomic mass is 35.5. The molecule has 0 atom stereocenters. The lowest BCUT2D eigenvalue weighted by Crippen LogP contribution is -2.41. The van der Waals surface area contributed by atoms with Crippen molar-refractivity contribution in [2.24, 2.45) is 0 Å². The maximum absolute atomic E-state index is 6.23. The van der Waals surface area contributed by atoms with Crippen molar-refractivity contribution in [2.75, 3.05) is 0 Å². The Kier molecular flexibility index (Phi) is 3.76. The van der Waals surface area contributed by atoms with E-state index in [0.717, 1.165) is 16.0 Å². The fourth-order valence-corrected chi connectivity index (χ4v) is 2.47. The average Bonchev–Trinajstić information content (AvgIpc) is 2.48. The predicted octanol–water partition coefficient (Wildman–Crippen LogP) is 3.76. The maximum Gasteiger partial charge on any atom is 0.494 e. The van der Waals surface area contributed by atoms with Crippen LogP contribution in [0.15, 0.2) is 18.2 Å². The van der Waals surface area contributed by atoms with E-state index in [9.17, 15) is 0 Å². The SMILES string of the molecule is CC(C)c1cc(B2OC(C)(C)C(C)(C)O2)ccc1Cl. The standard InChI is InChI=1S/C15H22BClO2/c1-10(2)12-9-11(7-8-13(12)17)16-18-14(3,4)15(5,6)19-16/h7-10H,1-6H3. The molecule has 1 fully saturated rings. The summed E-state index contributed by atoms with van der Waals surface area (Å²) >= 11 is 6.23. The largest absolute Gasteiger partial charge is 0.494 e. The predicted molar refractivity (Wildman–Crippen MR) is 81.3 cm³/mol. The molecule has 0 spiro atoms. The second-order valence-electron chi connectivity index (χ2n) is 6.52. The quantitative estimate of drug-likeness (QED) is 0.768. The number of hydrogen-bond acceptors (Lipinski definition) is 2. The van der Waals surface area contributed by atoms with Crippen molar-refractivity contribution in [3.05, 3.63) is 28.8 Å². The smallest absolute Gasteiger partial charge is 0.399 e. The van der Waals surface area contributed by atoms with Gasteiger partial charge in [0, 0.05) is 5.02 Å². The molecule has 0 N–H and O–H groups in total. The molecule has 1 aromatic carbocycles. The van der Waals surface area contributed by atoms with E-state index in [1.165, 1.54) is 0 Å². The van der Waals surface area contributed by atoms with Crippen LogP contribution < -0.4 is 5.46 Å². The molecule has 0 bridgehead atoms. The highest BCUT2D eigenvalue weighted by Gasteiger charge is 2.51. The Morgan fingerprint density at radius 2 is 1.58 bits per heavy atom. The zero-order valence-electron chi connectivity index (χ0n) is 12.6. The Labute approximate surface area is 121 Å². The lowest BCUT2D eigenvalue weighted by atomic mass is 9.77. The lowest BCUT2D eigenvalue weighted by molar-refractivity contribution is 0.00578. The fraction of sp³-hybridized carbons (Fsp3) is 0.600. The molecule has 0 radical (unpaired) electrons. The summed E-state index contributed by atoms with van der Waals surface area (Å²) in [5, 5.41) is 0.801.